The maximum absolute atomic E-state index is 14.3. The van der Waals surface area contributed by atoms with Crippen molar-refractivity contribution in [2.75, 3.05) is 11.9 Å². The number of aryl methyl sites for hydroxylation is 1. The molecule has 2 N–H and O–H groups in total. The third kappa shape index (κ3) is 3.00. The van der Waals surface area contributed by atoms with Crippen molar-refractivity contribution in [3.63, 3.8) is 0 Å². The SMILES string of the molecule is Cc1ccc(Nc2c(-c3ccc(F)cc3F)nc3n2CCNC3)cc1. The number of nitrogens with zero attached hydrogens (tertiary/aromatic N) is 2. The van der Waals surface area contributed by atoms with Crippen molar-refractivity contribution in [1.82, 2.24) is 14.9 Å². The molecular weight excluding hydrogens is 322 g/mol. The number of imidazole rings is 1. The van der Waals surface area contributed by atoms with Crippen LogP contribution >= 0.6 is 0 Å². The van der Waals surface area contributed by atoms with Gasteiger partial charge in [-0.15, -0.1) is 0 Å². The molecule has 25 heavy (non-hydrogen) atoms. The molecule has 128 valence electrons. The fraction of sp³-hybridized carbons (Fsp3) is 0.211. The average molecular weight is 340 g/mol. The first-order chi connectivity index (χ1) is 12.1. The zero-order chi connectivity index (χ0) is 17.4. The van der Waals surface area contributed by atoms with Crippen LogP contribution in [0.5, 0.6) is 0 Å². The summed E-state index contributed by atoms with van der Waals surface area (Å²) in [5, 5.41) is 6.62. The Bertz CT molecular complexity index is 916. The minimum Gasteiger partial charge on any atom is -0.340 e. The van der Waals surface area contributed by atoms with E-state index in [-0.39, 0.29) is 5.56 Å². The van der Waals surface area contributed by atoms with Crippen LogP contribution in [-0.4, -0.2) is 16.1 Å². The van der Waals surface area contributed by atoms with E-state index in [1.807, 2.05) is 31.2 Å². The van der Waals surface area contributed by atoms with Gasteiger partial charge in [0.1, 0.15) is 29.0 Å². The maximum Gasteiger partial charge on any atom is 0.139 e. The van der Waals surface area contributed by atoms with Crippen LogP contribution in [0.25, 0.3) is 11.3 Å². The van der Waals surface area contributed by atoms with Gasteiger partial charge in [-0.05, 0) is 31.2 Å². The van der Waals surface area contributed by atoms with Crippen molar-refractivity contribution in [2.45, 2.75) is 20.0 Å². The molecule has 0 unspecified atom stereocenters. The Kier molecular flexibility index (Phi) is 3.97. The molecule has 6 heteroatoms. The maximum atomic E-state index is 14.3. The second kappa shape index (κ2) is 6.29. The predicted molar refractivity (Wildman–Crippen MR) is 93.7 cm³/mol. The molecule has 4 rings (SSSR count). The van der Waals surface area contributed by atoms with Crippen molar-refractivity contribution in [3.05, 3.63) is 65.5 Å². The third-order valence-corrected chi connectivity index (χ3v) is 4.34. The van der Waals surface area contributed by atoms with Crippen LogP contribution in [-0.2, 0) is 13.1 Å². The first-order valence-corrected chi connectivity index (χ1v) is 8.21. The second-order valence-corrected chi connectivity index (χ2v) is 6.17. The molecule has 2 heterocycles. The summed E-state index contributed by atoms with van der Waals surface area (Å²) in [6.45, 7) is 4.19. The van der Waals surface area contributed by atoms with E-state index in [0.717, 1.165) is 42.0 Å². The minimum atomic E-state index is -0.615. The monoisotopic (exact) mass is 340 g/mol. The summed E-state index contributed by atoms with van der Waals surface area (Å²) in [5.41, 5.74) is 2.85. The molecule has 0 saturated heterocycles. The second-order valence-electron chi connectivity index (χ2n) is 6.17. The smallest absolute Gasteiger partial charge is 0.139 e. The lowest BCUT2D eigenvalue weighted by atomic mass is 10.1. The van der Waals surface area contributed by atoms with Crippen molar-refractivity contribution in [1.29, 1.82) is 0 Å². The molecule has 2 aromatic carbocycles. The van der Waals surface area contributed by atoms with Gasteiger partial charge in [0.15, 0.2) is 0 Å². The Morgan fingerprint density at radius 3 is 2.68 bits per heavy atom. The summed E-state index contributed by atoms with van der Waals surface area (Å²) in [5.74, 6) is 0.348. The van der Waals surface area contributed by atoms with E-state index in [9.17, 15) is 8.78 Å². The normalized spacial score (nSPS) is 13.6. The van der Waals surface area contributed by atoms with Crippen LogP contribution in [0.1, 0.15) is 11.4 Å². The molecule has 3 aromatic rings. The van der Waals surface area contributed by atoms with Crippen molar-refractivity contribution >= 4 is 11.5 Å². The molecule has 0 amide bonds. The highest BCUT2D eigenvalue weighted by molar-refractivity contribution is 5.77. The molecule has 0 fully saturated rings. The number of hydrogen-bond donors (Lipinski definition) is 2. The van der Waals surface area contributed by atoms with Gasteiger partial charge in [0.05, 0.1) is 6.54 Å². The number of hydrogen-bond acceptors (Lipinski definition) is 3. The first-order valence-electron chi connectivity index (χ1n) is 8.21. The van der Waals surface area contributed by atoms with Crippen LogP contribution in [0.4, 0.5) is 20.3 Å². The summed E-state index contributed by atoms with van der Waals surface area (Å²) in [6.07, 6.45) is 0. The van der Waals surface area contributed by atoms with Gasteiger partial charge in [-0.3, -0.25) is 0 Å². The van der Waals surface area contributed by atoms with E-state index in [1.54, 1.807) is 0 Å². The van der Waals surface area contributed by atoms with E-state index in [2.05, 4.69) is 20.2 Å². The largest absolute Gasteiger partial charge is 0.340 e. The molecule has 1 aliphatic heterocycles. The van der Waals surface area contributed by atoms with Gasteiger partial charge in [-0.2, -0.15) is 0 Å². The Balaban J connectivity index is 1.83. The Labute approximate surface area is 144 Å². The summed E-state index contributed by atoms with van der Waals surface area (Å²) < 4.78 is 29.7. The molecule has 1 aromatic heterocycles. The van der Waals surface area contributed by atoms with Gasteiger partial charge in [0.25, 0.3) is 0 Å². The molecule has 0 atom stereocenters. The van der Waals surface area contributed by atoms with Gasteiger partial charge in [0.2, 0.25) is 0 Å². The van der Waals surface area contributed by atoms with Crippen molar-refractivity contribution in [2.24, 2.45) is 0 Å². The van der Waals surface area contributed by atoms with E-state index in [0.29, 0.717) is 12.2 Å². The van der Waals surface area contributed by atoms with Gasteiger partial charge in [-0.25, -0.2) is 13.8 Å². The van der Waals surface area contributed by atoms with Gasteiger partial charge >= 0.3 is 0 Å². The molecule has 0 aliphatic carbocycles. The standard InChI is InChI=1S/C19H18F2N4/c1-12-2-5-14(6-3-12)23-19-18(15-7-4-13(20)10-16(15)21)24-17-11-22-8-9-25(17)19/h2-7,10,22-23H,8-9,11H2,1H3. The van der Waals surface area contributed by atoms with E-state index in [4.69, 9.17) is 0 Å². The Hall–Kier alpha value is -2.73. The van der Waals surface area contributed by atoms with Crippen LogP contribution < -0.4 is 10.6 Å². The highest BCUT2D eigenvalue weighted by atomic mass is 19.1. The van der Waals surface area contributed by atoms with Gasteiger partial charge in [-0.1, -0.05) is 17.7 Å². The van der Waals surface area contributed by atoms with Gasteiger partial charge in [0, 0.05) is 30.4 Å². The summed E-state index contributed by atoms with van der Waals surface area (Å²) in [4.78, 5) is 4.60. The Morgan fingerprint density at radius 2 is 1.92 bits per heavy atom. The fourth-order valence-corrected chi connectivity index (χ4v) is 3.04. The van der Waals surface area contributed by atoms with Crippen LogP contribution in [0, 0.1) is 18.6 Å². The topological polar surface area (TPSA) is 41.9 Å². The van der Waals surface area contributed by atoms with Gasteiger partial charge < -0.3 is 15.2 Å². The lowest BCUT2D eigenvalue weighted by molar-refractivity contribution is 0.509. The van der Waals surface area contributed by atoms with Crippen molar-refractivity contribution in [3.8, 4) is 11.3 Å². The zero-order valence-corrected chi connectivity index (χ0v) is 13.8. The summed E-state index contributed by atoms with van der Waals surface area (Å²) >= 11 is 0. The molecule has 1 aliphatic rings. The molecule has 0 saturated carbocycles. The lowest BCUT2D eigenvalue weighted by Crippen LogP contribution is -2.28. The molecule has 0 spiro atoms. The highest BCUT2D eigenvalue weighted by Crippen LogP contribution is 2.33. The van der Waals surface area contributed by atoms with E-state index < -0.39 is 11.6 Å². The Morgan fingerprint density at radius 1 is 1.12 bits per heavy atom. The number of benzene rings is 2. The van der Waals surface area contributed by atoms with Crippen LogP contribution in [0.2, 0.25) is 0 Å². The quantitative estimate of drug-likeness (QED) is 0.758. The number of rotatable bonds is 3. The third-order valence-electron chi connectivity index (χ3n) is 4.34. The number of anilines is 2. The fourth-order valence-electron chi connectivity index (χ4n) is 3.04. The van der Waals surface area contributed by atoms with E-state index in [1.165, 1.54) is 12.1 Å². The van der Waals surface area contributed by atoms with Crippen LogP contribution in [0.3, 0.4) is 0 Å². The molecular formula is C19H18F2N4. The lowest BCUT2D eigenvalue weighted by Gasteiger charge is -2.18. The number of halogens is 2. The molecule has 0 radical (unpaired) electrons. The number of aromatic nitrogens is 2. The van der Waals surface area contributed by atoms with E-state index >= 15 is 0 Å². The molecule has 4 nitrogen and oxygen atoms in total. The average Bonchev–Trinajstić information content (AvgIpc) is 2.95. The molecule has 0 bridgehead atoms. The summed E-state index contributed by atoms with van der Waals surface area (Å²) in [7, 11) is 0. The van der Waals surface area contributed by atoms with Crippen molar-refractivity contribution < 1.29 is 8.78 Å². The minimum absolute atomic E-state index is 0.290. The number of fused-ring (bicyclic) bond motifs is 1. The summed E-state index contributed by atoms with van der Waals surface area (Å²) in [6, 6.07) is 11.5. The zero-order valence-electron chi connectivity index (χ0n) is 13.8. The number of nitrogens with one attached hydrogen (secondary N) is 2. The highest BCUT2D eigenvalue weighted by Gasteiger charge is 2.22. The first kappa shape index (κ1) is 15.8. The van der Waals surface area contributed by atoms with Crippen LogP contribution in [0.15, 0.2) is 42.5 Å². The predicted octanol–water partition coefficient (Wildman–Crippen LogP) is 3.98.